The number of aromatic nitrogens is 2. The molecule has 0 saturated carbocycles. The van der Waals surface area contributed by atoms with Gasteiger partial charge in [0.05, 0.1) is 43.9 Å². The Labute approximate surface area is 90.2 Å². The van der Waals surface area contributed by atoms with Gasteiger partial charge in [-0.3, -0.25) is 4.68 Å². The average molecular weight is 213 g/mol. The van der Waals surface area contributed by atoms with Crippen LogP contribution in [0.5, 0.6) is 0 Å². The van der Waals surface area contributed by atoms with Gasteiger partial charge in [-0.15, -0.1) is 0 Å². The van der Waals surface area contributed by atoms with Gasteiger partial charge in [0.25, 0.3) is 0 Å². The molecule has 0 atom stereocenters. The molecule has 1 heterocycles. The molecule has 0 unspecified atom stereocenters. The van der Waals surface area contributed by atoms with E-state index in [1.165, 1.54) is 0 Å². The van der Waals surface area contributed by atoms with E-state index in [1.54, 1.807) is 6.20 Å². The fraction of sp³-hybridized carbons (Fsp3) is 0.700. The standard InChI is InChI=1S/C10H19N3O2/c1-3-14-6-7-15-5-4-13-9(2)10(11)8-12-13/h8H,3-7,11H2,1-2H3. The molecule has 0 aromatic carbocycles. The molecule has 2 N–H and O–H groups in total. The highest BCUT2D eigenvalue weighted by atomic mass is 16.5. The zero-order valence-corrected chi connectivity index (χ0v) is 9.40. The number of hydrogen-bond acceptors (Lipinski definition) is 4. The van der Waals surface area contributed by atoms with Crippen LogP contribution >= 0.6 is 0 Å². The van der Waals surface area contributed by atoms with Crippen molar-refractivity contribution in [2.24, 2.45) is 0 Å². The Morgan fingerprint density at radius 3 is 2.67 bits per heavy atom. The van der Waals surface area contributed by atoms with E-state index in [-0.39, 0.29) is 0 Å². The first kappa shape index (κ1) is 12.0. The maximum Gasteiger partial charge on any atom is 0.0730 e. The van der Waals surface area contributed by atoms with Gasteiger partial charge in [-0.2, -0.15) is 5.10 Å². The normalized spacial score (nSPS) is 10.8. The van der Waals surface area contributed by atoms with Gasteiger partial charge in [0.15, 0.2) is 0 Å². The summed E-state index contributed by atoms with van der Waals surface area (Å²) < 4.78 is 12.4. The van der Waals surface area contributed by atoms with Crippen LogP contribution in [-0.4, -0.2) is 36.2 Å². The Hall–Kier alpha value is -1.07. The number of ether oxygens (including phenoxy) is 2. The van der Waals surface area contributed by atoms with Crippen molar-refractivity contribution in [2.75, 3.05) is 32.2 Å². The second-order valence-electron chi connectivity index (χ2n) is 3.22. The van der Waals surface area contributed by atoms with Crippen molar-refractivity contribution in [2.45, 2.75) is 20.4 Å². The summed E-state index contributed by atoms with van der Waals surface area (Å²) in [5, 5.41) is 4.13. The zero-order chi connectivity index (χ0) is 11.1. The summed E-state index contributed by atoms with van der Waals surface area (Å²) in [4.78, 5) is 0. The zero-order valence-electron chi connectivity index (χ0n) is 9.40. The molecule has 0 saturated heterocycles. The topological polar surface area (TPSA) is 62.3 Å². The van der Waals surface area contributed by atoms with Crippen LogP contribution in [0.15, 0.2) is 6.20 Å². The predicted octanol–water partition coefficient (Wildman–Crippen LogP) is 0.827. The fourth-order valence-electron chi connectivity index (χ4n) is 1.20. The maximum atomic E-state index is 5.67. The van der Waals surface area contributed by atoms with Crippen molar-refractivity contribution >= 4 is 5.69 Å². The first-order chi connectivity index (χ1) is 7.25. The van der Waals surface area contributed by atoms with Crippen molar-refractivity contribution in [1.29, 1.82) is 0 Å². The van der Waals surface area contributed by atoms with E-state index < -0.39 is 0 Å². The van der Waals surface area contributed by atoms with E-state index >= 15 is 0 Å². The molecule has 5 heteroatoms. The SMILES string of the molecule is CCOCCOCCn1ncc(N)c1C. The fourth-order valence-corrected chi connectivity index (χ4v) is 1.20. The lowest BCUT2D eigenvalue weighted by Gasteiger charge is -2.06. The Morgan fingerprint density at radius 2 is 2.07 bits per heavy atom. The molecule has 0 aliphatic heterocycles. The Morgan fingerprint density at radius 1 is 1.33 bits per heavy atom. The number of nitrogen functional groups attached to an aromatic ring is 1. The lowest BCUT2D eigenvalue weighted by atomic mass is 10.4. The molecule has 0 amide bonds. The van der Waals surface area contributed by atoms with Crippen LogP contribution in [0.2, 0.25) is 0 Å². The van der Waals surface area contributed by atoms with Gasteiger partial charge in [0, 0.05) is 6.61 Å². The van der Waals surface area contributed by atoms with Crippen molar-refractivity contribution < 1.29 is 9.47 Å². The van der Waals surface area contributed by atoms with Crippen LogP contribution in [0, 0.1) is 6.92 Å². The van der Waals surface area contributed by atoms with Crippen LogP contribution in [0.1, 0.15) is 12.6 Å². The molecule has 1 aromatic rings. The van der Waals surface area contributed by atoms with Crippen molar-refractivity contribution in [1.82, 2.24) is 9.78 Å². The Bertz CT molecular complexity index is 286. The van der Waals surface area contributed by atoms with Crippen LogP contribution in [0.4, 0.5) is 5.69 Å². The van der Waals surface area contributed by atoms with Gasteiger partial charge in [-0.25, -0.2) is 0 Å². The molecular weight excluding hydrogens is 194 g/mol. The molecular formula is C10H19N3O2. The number of hydrogen-bond donors (Lipinski definition) is 1. The first-order valence-electron chi connectivity index (χ1n) is 5.19. The van der Waals surface area contributed by atoms with E-state index in [1.807, 2.05) is 18.5 Å². The van der Waals surface area contributed by atoms with Gasteiger partial charge < -0.3 is 15.2 Å². The highest BCUT2D eigenvalue weighted by Crippen LogP contribution is 2.07. The Balaban J connectivity index is 2.12. The van der Waals surface area contributed by atoms with Crippen molar-refractivity contribution in [3.8, 4) is 0 Å². The largest absolute Gasteiger partial charge is 0.396 e. The quantitative estimate of drug-likeness (QED) is 0.681. The van der Waals surface area contributed by atoms with E-state index in [0.29, 0.717) is 19.8 Å². The summed E-state index contributed by atoms with van der Waals surface area (Å²) >= 11 is 0. The highest BCUT2D eigenvalue weighted by Gasteiger charge is 2.01. The molecule has 0 fully saturated rings. The minimum Gasteiger partial charge on any atom is -0.396 e. The van der Waals surface area contributed by atoms with Crippen LogP contribution in [-0.2, 0) is 16.0 Å². The highest BCUT2D eigenvalue weighted by molar-refractivity contribution is 5.39. The van der Waals surface area contributed by atoms with Gasteiger partial charge in [0.1, 0.15) is 0 Å². The predicted molar refractivity (Wildman–Crippen MR) is 58.7 cm³/mol. The van der Waals surface area contributed by atoms with E-state index in [0.717, 1.165) is 24.5 Å². The molecule has 15 heavy (non-hydrogen) atoms. The number of anilines is 1. The smallest absolute Gasteiger partial charge is 0.0730 e. The lowest BCUT2D eigenvalue weighted by Crippen LogP contribution is -2.12. The molecule has 0 spiro atoms. The van der Waals surface area contributed by atoms with E-state index in [9.17, 15) is 0 Å². The Kier molecular flexibility index (Phi) is 5.14. The van der Waals surface area contributed by atoms with Crippen molar-refractivity contribution in [3.63, 3.8) is 0 Å². The van der Waals surface area contributed by atoms with Crippen LogP contribution < -0.4 is 5.73 Å². The molecule has 0 radical (unpaired) electrons. The molecule has 1 aromatic heterocycles. The second kappa shape index (κ2) is 6.42. The average Bonchev–Trinajstić information content (AvgIpc) is 2.54. The summed E-state index contributed by atoms with van der Waals surface area (Å²) in [5.41, 5.74) is 7.38. The monoisotopic (exact) mass is 213 g/mol. The number of nitrogens with two attached hydrogens (primary N) is 1. The van der Waals surface area contributed by atoms with Gasteiger partial charge in [-0.05, 0) is 13.8 Å². The molecule has 0 aliphatic rings. The van der Waals surface area contributed by atoms with E-state index in [2.05, 4.69) is 5.10 Å². The second-order valence-corrected chi connectivity index (χ2v) is 3.22. The minimum atomic E-state index is 0.629. The van der Waals surface area contributed by atoms with Crippen LogP contribution in [0.25, 0.3) is 0 Å². The van der Waals surface area contributed by atoms with Gasteiger partial charge >= 0.3 is 0 Å². The summed E-state index contributed by atoms with van der Waals surface area (Å²) in [7, 11) is 0. The number of nitrogens with zero attached hydrogens (tertiary/aromatic N) is 2. The summed E-state index contributed by atoms with van der Waals surface area (Å²) in [6.07, 6.45) is 1.66. The molecule has 86 valence electrons. The third kappa shape index (κ3) is 3.89. The molecule has 0 bridgehead atoms. The summed E-state index contributed by atoms with van der Waals surface area (Å²) in [5.74, 6) is 0. The minimum absolute atomic E-state index is 0.629. The molecule has 0 aliphatic carbocycles. The molecule has 5 nitrogen and oxygen atoms in total. The first-order valence-corrected chi connectivity index (χ1v) is 5.19. The molecule has 1 rings (SSSR count). The third-order valence-corrected chi connectivity index (χ3v) is 2.16. The summed E-state index contributed by atoms with van der Waals surface area (Å²) in [6.45, 7) is 7.29. The van der Waals surface area contributed by atoms with Crippen LogP contribution in [0.3, 0.4) is 0 Å². The van der Waals surface area contributed by atoms with Gasteiger partial charge in [-0.1, -0.05) is 0 Å². The van der Waals surface area contributed by atoms with Gasteiger partial charge in [0.2, 0.25) is 0 Å². The lowest BCUT2D eigenvalue weighted by molar-refractivity contribution is 0.0486. The van der Waals surface area contributed by atoms with Crippen molar-refractivity contribution in [3.05, 3.63) is 11.9 Å². The maximum absolute atomic E-state index is 5.67. The summed E-state index contributed by atoms with van der Waals surface area (Å²) in [6, 6.07) is 0. The third-order valence-electron chi connectivity index (χ3n) is 2.16. The number of rotatable bonds is 7. The van der Waals surface area contributed by atoms with E-state index in [4.69, 9.17) is 15.2 Å².